The number of aromatic hydroxyl groups is 1. The molecule has 0 saturated heterocycles. The fourth-order valence-corrected chi connectivity index (χ4v) is 2.48. The molecule has 0 aliphatic carbocycles. The minimum atomic E-state index is -0.167. The van der Waals surface area contributed by atoms with Crippen LogP contribution in [0.25, 0.3) is 0 Å². The fourth-order valence-electron chi connectivity index (χ4n) is 2.27. The Bertz CT molecular complexity index is 682. The topological polar surface area (TPSA) is 40.5 Å². The van der Waals surface area contributed by atoms with Gasteiger partial charge in [0.05, 0.1) is 16.3 Å². The molecule has 0 unspecified atom stereocenters. The van der Waals surface area contributed by atoms with Crippen molar-refractivity contribution in [3.63, 3.8) is 0 Å². The molecule has 21 heavy (non-hydrogen) atoms. The number of amides is 1. The van der Waals surface area contributed by atoms with E-state index in [1.54, 1.807) is 29.2 Å². The molecule has 2 aromatic rings. The summed E-state index contributed by atoms with van der Waals surface area (Å²) < 4.78 is 0. The van der Waals surface area contributed by atoms with Gasteiger partial charge < -0.3 is 10.0 Å². The second-order valence-electron chi connectivity index (χ2n) is 4.96. The molecule has 0 saturated carbocycles. The number of aryl methyl sites for hydroxylation is 2. The summed E-state index contributed by atoms with van der Waals surface area (Å²) in [4.78, 5) is 14.4. The van der Waals surface area contributed by atoms with E-state index >= 15 is 0 Å². The summed E-state index contributed by atoms with van der Waals surface area (Å²) in [5.74, 6) is -0.0305. The number of benzene rings is 2. The van der Waals surface area contributed by atoms with Gasteiger partial charge in [-0.05, 0) is 44.0 Å². The summed E-state index contributed by atoms with van der Waals surface area (Å²) in [6.45, 7) is 6.16. The Morgan fingerprint density at radius 3 is 2.57 bits per heavy atom. The van der Waals surface area contributed by atoms with Crippen molar-refractivity contribution in [1.29, 1.82) is 0 Å². The van der Waals surface area contributed by atoms with E-state index in [1.165, 1.54) is 0 Å². The zero-order valence-electron chi connectivity index (χ0n) is 12.4. The molecule has 2 rings (SSSR count). The van der Waals surface area contributed by atoms with E-state index < -0.39 is 0 Å². The van der Waals surface area contributed by atoms with Gasteiger partial charge in [0.15, 0.2) is 0 Å². The van der Waals surface area contributed by atoms with Crippen LogP contribution in [0.4, 0.5) is 5.69 Å². The highest BCUT2D eigenvalue weighted by Gasteiger charge is 2.21. The normalized spacial score (nSPS) is 10.5. The molecule has 1 N–H and O–H groups in total. The number of phenols is 1. The maximum absolute atomic E-state index is 12.8. The molecule has 0 heterocycles. The van der Waals surface area contributed by atoms with Crippen molar-refractivity contribution in [1.82, 2.24) is 0 Å². The van der Waals surface area contributed by atoms with E-state index in [9.17, 15) is 9.90 Å². The van der Waals surface area contributed by atoms with Crippen molar-refractivity contribution in [3.05, 3.63) is 58.1 Å². The smallest absolute Gasteiger partial charge is 0.259 e. The predicted octanol–water partition coefficient (Wildman–Crippen LogP) is 4.33. The number of halogens is 1. The van der Waals surface area contributed by atoms with Crippen LogP contribution in [0.3, 0.4) is 0 Å². The van der Waals surface area contributed by atoms with Crippen molar-refractivity contribution >= 4 is 23.2 Å². The highest BCUT2D eigenvalue weighted by molar-refractivity contribution is 6.35. The first kappa shape index (κ1) is 15.4. The molecule has 4 heteroatoms. The average molecular weight is 304 g/mol. The van der Waals surface area contributed by atoms with Gasteiger partial charge in [-0.25, -0.2) is 0 Å². The van der Waals surface area contributed by atoms with E-state index in [1.807, 2.05) is 32.9 Å². The summed E-state index contributed by atoms with van der Waals surface area (Å²) >= 11 is 6.25. The number of carbonyl (C=O) groups is 1. The van der Waals surface area contributed by atoms with Gasteiger partial charge >= 0.3 is 0 Å². The highest BCUT2D eigenvalue weighted by atomic mass is 35.5. The molecule has 0 aliphatic heterocycles. The second kappa shape index (κ2) is 6.19. The molecule has 0 aromatic heterocycles. The van der Waals surface area contributed by atoms with E-state index in [2.05, 4.69) is 0 Å². The van der Waals surface area contributed by atoms with Crippen LogP contribution in [0.2, 0.25) is 5.02 Å². The lowest BCUT2D eigenvalue weighted by molar-refractivity contribution is 0.0988. The summed E-state index contributed by atoms with van der Waals surface area (Å²) in [7, 11) is 0. The Morgan fingerprint density at radius 1 is 1.19 bits per heavy atom. The fraction of sp³-hybridized carbons (Fsp3) is 0.235. The van der Waals surface area contributed by atoms with E-state index in [0.29, 0.717) is 22.8 Å². The molecule has 2 aromatic carbocycles. The van der Waals surface area contributed by atoms with Crippen LogP contribution in [-0.2, 0) is 0 Å². The number of hydrogen-bond acceptors (Lipinski definition) is 2. The van der Waals surface area contributed by atoms with Gasteiger partial charge in [-0.2, -0.15) is 0 Å². The van der Waals surface area contributed by atoms with Crippen molar-refractivity contribution < 1.29 is 9.90 Å². The SMILES string of the molecule is CCN(C(=O)c1cccc(C)c1Cl)c1cc(O)ccc1C. The zero-order chi connectivity index (χ0) is 15.6. The average Bonchev–Trinajstić information content (AvgIpc) is 2.46. The van der Waals surface area contributed by atoms with Crippen LogP contribution in [0, 0.1) is 13.8 Å². The van der Waals surface area contributed by atoms with E-state index in [0.717, 1.165) is 11.1 Å². The number of hydrogen-bond donors (Lipinski definition) is 1. The maximum atomic E-state index is 12.8. The molecule has 110 valence electrons. The molecule has 0 fully saturated rings. The Kier molecular flexibility index (Phi) is 4.53. The molecule has 0 spiro atoms. The lowest BCUT2D eigenvalue weighted by atomic mass is 10.1. The van der Waals surface area contributed by atoms with Gasteiger partial charge in [0.25, 0.3) is 5.91 Å². The first-order chi connectivity index (χ1) is 9.95. The maximum Gasteiger partial charge on any atom is 0.259 e. The van der Waals surface area contributed by atoms with Crippen LogP contribution in [0.15, 0.2) is 36.4 Å². The lowest BCUT2D eigenvalue weighted by Gasteiger charge is -2.24. The third kappa shape index (κ3) is 3.03. The quantitative estimate of drug-likeness (QED) is 0.917. The summed E-state index contributed by atoms with van der Waals surface area (Å²) in [5, 5.41) is 10.1. The Balaban J connectivity index is 2.48. The van der Waals surface area contributed by atoms with Crippen LogP contribution in [0.1, 0.15) is 28.4 Å². The van der Waals surface area contributed by atoms with Gasteiger partial charge in [-0.1, -0.05) is 29.8 Å². The predicted molar refractivity (Wildman–Crippen MR) is 86.4 cm³/mol. The Labute approximate surface area is 129 Å². The highest BCUT2D eigenvalue weighted by Crippen LogP contribution is 2.28. The Morgan fingerprint density at radius 2 is 1.90 bits per heavy atom. The van der Waals surface area contributed by atoms with Crippen molar-refractivity contribution in [2.45, 2.75) is 20.8 Å². The van der Waals surface area contributed by atoms with Gasteiger partial charge in [-0.15, -0.1) is 0 Å². The Hall–Kier alpha value is -2.00. The number of carbonyl (C=O) groups excluding carboxylic acids is 1. The summed E-state index contributed by atoms with van der Waals surface area (Å²) in [5.41, 5.74) is 2.96. The van der Waals surface area contributed by atoms with Crippen LogP contribution < -0.4 is 4.90 Å². The summed E-state index contributed by atoms with van der Waals surface area (Å²) in [6, 6.07) is 10.4. The van der Waals surface area contributed by atoms with Crippen LogP contribution >= 0.6 is 11.6 Å². The molecular weight excluding hydrogens is 286 g/mol. The molecule has 0 bridgehead atoms. The number of rotatable bonds is 3. The van der Waals surface area contributed by atoms with Gasteiger partial charge in [-0.3, -0.25) is 4.79 Å². The van der Waals surface area contributed by atoms with E-state index in [-0.39, 0.29) is 11.7 Å². The van der Waals surface area contributed by atoms with Gasteiger partial charge in [0, 0.05) is 12.6 Å². The lowest BCUT2D eigenvalue weighted by Crippen LogP contribution is -2.31. The second-order valence-corrected chi connectivity index (χ2v) is 5.33. The standard InChI is InChI=1S/C17H18ClNO2/c1-4-19(15-10-13(20)9-8-11(15)2)17(21)14-7-5-6-12(3)16(14)18/h5-10,20H,4H2,1-3H3. The first-order valence-corrected chi connectivity index (χ1v) is 7.20. The minimum Gasteiger partial charge on any atom is -0.508 e. The first-order valence-electron chi connectivity index (χ1n) is 6.82. The molecular formula is C17H18ClNO2. The molecule has 0 atom stereocenters. The molecule has 0 radical (unpaired) electrons. The molecule has 3 nitrogen and oxygen atoms in total. The summed E-state index contributed by atoms with van der Waals surface area (Å²) in [6.07, 6.45) is 0. The van der Waals surface area contributed by atoms with Crippen LogP contribution in [0.5, 0.6) is 5.75 Å². The van der Waals surface area contributed by atoms with Crippen LogP contribution in [-0.4, -0.2) is 17.6 Å². The third-order valence-electron chi connectivity index (χ3n) is 3.47. The van der Waals surface area contributed by atoms with Crippen molar-refractivity contribution in [3.8, 4) is 5.75 Å². The number of anilines is 1. The molecule has 0 aliphatic rings. The van der Waals surface area contributed by atoms with Gasteiger partial charge in [0.2, 0.25) is 0 Å². The van der Waals surface area contributed by atoms with Gasteiger partial charge in [0.1, 0.15) is 5.75 Å². The van der Waals surface area contributed by atoms with Crippen molar-refractivity contribution in [2.75, 3.05) is 11.4 Å². The monoisotopic (exact) mass is 303 g/mol. The molecule has 1 amide bonds. The largest absolute Gasteiger partial charge is 0.508 e. The third-order valence-corrected chi connectivity index (χ3v) is 3.97. The van der Waals surface area contributed by atoms with Crippen molar-refractivity contribution in [2.24, 2.45) is 0 Å². The van der Waals surface area contributed by atoms with E-state index in [4.69, 9.17) is 11.6 Å². The number of phenolic OH excluding ortho intramolecular Hbond substituents is 1. The minimum absolute atomic E-state index is 0.136. The zero-order valence-corrected chi connectivity index (χ0v) is 13.1. The number of nitrogens with zero attached hydrogens (tertiary/aromatic N) is 1.